The molecular formula is C16H17N3O2. The molecule has 1 amide bonds. The fraction of sp³-hybridized carbons (Fsp3) is 0.312. The molecule has 0 spiro atoms. The molecular weight excluding hydrogens is 266 g/mol. The molecule has 1 fully saturated rings. The van der Waals surface area contributed by atoms with E-state index < -0.39 is 0 Å². The minimum absolute atomic E-state index is 0.122. The summed E-state index contributed by atoms with van der Waals surface area (Å²) in [4.78, 5) is 30.9. The van der Waals surface area contributed by atoms with E-state index in [-0.39, 0.29) is 23.1 Å². The lowest BCUT2D eigenvalue weighted by Crippen LogP contribution is -2.37. The number of H-pyrrole nitrogens is 1. The lowest BCUT2D eigenvalue weighted by atomic mass is 10.1. The van der Waals surface area contributed by atoms with Crippen molar-refractivity contribution in [1.29, 1.82) is 0 Å². The van der Waals surface area contributed by atoms with Crippen LogP contribution in [0.3, 0.4) is 0 Å². The lowest BCUT2D eigenvalue weighted by Gasteiger charge is -2.12. The molecule has 5 heteroatoms. The molecule has 2 aromatic heterocycles. The van der Waals surface area contributed by atoms with Gasteiger partial charge in [-0.2, -0.15) is 0 Å². The van der Waals surface area contributed by atoms with Crippen LogP contribution in [0.15, 0.2) is 41.5 Å². The Labute approximate surface area is 122 Å². The summed E-state index contributed by atoms with van der Waals surface area (Å²) in [5.74, 6) is 0.251. The van der Waals surface area contributed by atoms with Gasteiger partial charge in [0.25, 0.3) is 11.5 Å². The van der Waals surface area contributed by atoms with Crippen molar-refractivity contribution in [1.82, 2.24) is 15.3 Å². The van der Waals surface area contributed by atoms with Gasteiger partial charge < -0.3 is 10.3 Å². The second-order valence-electron chi connectivity index (χ2n) is 5.45. The number of nitrogens with one attached hydrogen (secondary N) is 2. The molecule has 0 unspecified atom stereocenters. The monoisotopic (exact) mass is 283 g/mol. The predicted octanol–water partition coefficient (Wildman–Crippen LogP) is 1.97. The molecule has 0 aromatic carbocycles. The average molecular weight is 283 g/mol. The average Bonchev–Trinajstić information content (AvgIpc) is 3.32. The number of hydrogen-bond donors (Lipinski definition) is 2. The molecule has 2 N–H and O–H groups in total. The van der Waals surface area contributed by atoms with E-state index in [1.165, 1.54) is 0 Å². The topological polar surface area (TPSA) is 74.8 Å². The van der Waals surface area contributed by atoms with Gasteiger partial charge in [-0.15, -0.1) is 0 Å². The quantitative estimate of drug-likeness (QED) is 0.900. The number of pyridine rings is 2. The second-order valence-corrected chi connectivity index (χ2v) is 5.45. The molecule has 2 aromatic rings. The number of carbonyl (C=O) groups excluding carboxylic acids is 1. The van der Waals surface area contributed by atoms with Crippen LogP contribution in [0, 0.1) is 5.92 Å². The maximum Gasteiger partial charge on any atom is 0.261 e. The molecule has 1 aliphatic rings. The summed E-state index contributed by atoms with van der Waals surface area (Å²) >= 11 is 0. The van der Waals surface area contributed by atoms with Crippen LogP contribution < -0.4 is 10.9 Å². The predicted molar refractivity (Wildman–Crippen MR) is 79.9 cm³/mol. The largest absolute Gasteiger partial charge is 0.349 e. The number of rotatable bonds is 4. The van der Waals surface area contributed by atoms with Crippen LogP contribution in [0.4, 0.5) is 0 Å². The SMILES string of the molecule is C[C@@H](NC(=O)c1ccc(-c2ccncc2)[nH]c1=O)C1CC1. The zero-order valence-electron chi connectivity index (χ0n) is 11.8. The lowest BCUT2D eigenvalue weighted by molar-refractivity contribution is 0.0934. The molecule has 108 valence electrons. The highest BCUT2D eigenvalue weighted by Gasteiger charge is 2.29. The van der Waals surface area contributed by atoms with Gasteiger partial charge in [0.05, 0.1) is 0 Å². The maximum absolute atomic E-state index is 12.1. The maximum atomic E-state index is 12.1. The first-order chi connectivity index (χ1) is 10.1. The summed E-state index contributed by atoms with van der Waals surface area (Å²) in [6.07, 6.45) is 5.62. The number of amides is 1. The van der Waals surface area contributed by atoms with Crippen LogP contribution in [-0.2, 0) is 0 Å². The van der Waals surface area contributed by atoms with Gasteiger partial charge in [-0.05, 0) is 49.9 Å². The Hall–Kier alpha value is -2.43. The van der Waals surface area contributed by atoms with Crippen LogP contribution in [-0.4, -0.2) is 21.9 Å². The Morgan fingerprint density at radius 2 is 2.00 bits per heavy atom. The van der Waals surface area contributed by atoms with E-state index in [1.54, 1.807) is 36.7 Å². The van der Waals surface area contributed by atoms with Gasteiger partial charge in [-0.1, -0.05) is 0 Å². The third kappa shape index (κ3) is 3.02. The molecule has 0 saturated heterocycles. The minimum Gasteiger partial charge on any atom is -0.349 e. The number of nitrogens with zero attached hydrogens (tertiary/aromatic N) is 1. The molecule has 0 radical (unpaired) electrons. The summed E-state index contributed by atoms with van der Waals surface area (Å²) in [6, 6.07) is 7.05. The number of aromatic nitrogens is 2. The van der Waals surface area contributed by atoms with Crippen LogP contribution in [0.25, 0.3) is 11.3 Å². The second kappa shape index (κ2) is 5.52. The summed E-state index contributed by atoms with van der Waals surface area (Å²) in [5.41, 5.74) is 1.32. The van der Waals surface area contributed by atoms with Crippen LogP contribution in [0.1, 0.15) is 30.1 Å². The first kappa shape index (κ1) is 13.5. The summed E-state index contributed by atoms with van der Waals surface area (Å²) in [7, 11) is 0. The molecule has 5 nitrogen and oxygen atoms in total. The Morgan fingerprint density at radius 3 is 2.62 bits per heavy atom. The zero-order chi connectivity index (χ0) is 14.8. The molecule has 3 rings (SSSR count). The first-order valence-electron chi connectivity index (χ1n) is 7.10. The normalized spacial score (nSPS) is 15.5. The van der Waals surface area contributed by atoms with Crippen LogP contribution in [0.5, 0.6) is 0 Å². The summed E-state index contributed by atoms with van der Waals surface area (Å²) in [5, 5.41) is 2.89. The molecule has 1 saturated carbocycles. The molecule has 2 heterocycles. The minimum atomic E-state index is -0.371. The van der Waals surface area contributed by atoms with Gasteiger partial charge in [0.1, 0.15) is 5.56 Å². The fourth-order valence-electron chi connectivity index (χ4n) is 2.35. The van der Waals surface area contributed by atoms with Gasteiger partial charge in [0.2, 0.25) is 0 Å². The van der Waals surface area contributed by atoms with Crippen LogP contribution in [0.2, 0.25) is 0 Å². The van der Waals surface area contributed by atoms with Crippen molar-refractivity contribution < 1.29 is 4.79 Å². The first-order valence-corrected chi connectivity index (χ1v) is 7.10. The Balaban J connectivity index is 1.81. The van der Waals surface area contributed by atoms with Crippen molar-refractivity contribution in [2.45, 2.75) is 25.8 Å². The standard InChI is InChI=1S/C16H17N3O2/c1-10(11-2-3-11)18-15(20)13-4-5-14(19-16(13)21)12-6-8-17-9-7-12/h4-11H,2-3H2,1H3,(H,18,20)(H,19,21)/t10-/m1/s1. The molecule has 1 atom stereocenters. The van der Waals surface area contributed by atoms with Gasteiger partial charge in [-0.3, -0.25) is 14.6 Å². The van der Waals surface area contributed by atoms with Crippen molar-refractivity contribution in [3.63, 3.8) is 0 Å². The molecule has 1 aliphatic carbocycles. The summed E-state index contributed by atoms with van der Waals surface area (Å²) in [6.45, 7) is 1.98. The van der Waals surface area contributed by atoms with Crippen LogP contribution >= 0.6 is 0 Å². The van der Waals surface area contributed by atoms with Gasteiger partial charge in [-0.25, -0.2) is 0 Å². The van der Waals surface area contributed by atoms with E-state index in [9.17, 15) is 9.59 Å². The van der Waals surface area contributed by atoms with E-state index in [0.717, 1.165) is 18.4 Å². The fourth-order valence-corrected chi connectivity index (χ4v) is 2.35. The Morgan fingerprint density at radius 1 is 1.29 bits per heavy atom. The van der Waals surface area contributed by atoms with Crippen molar-refractivity contribution in [3.05, 3.63) is 52.6 Å². The number of hydrogen-bond acceptors (Lipinski definition) is 3. The third-order valence-electron chi connectivity index (χ3n) is 3.83. The Kier molecular flexibility index (Phi) is 3.56. The van der Waals surface area contributed by atoms with Gasteiger partial charge in [0.15, 0.2) is 0 Å². The highest BCUT2D eigenvalue weighted by molar-refractivity contribution is 5.94. The van der Waals surface area contributed by atoms with E-state index >= 15 is 0 Å². The van der Waals surface area contributed by atoms with E-state index in [4.69, 9.17) is 0 Å². The smallest absolute Gasteiger partial charge is 0.261 e. The molecule has 0 bridgehead atoms. The highest BCUT2D eigenvalue weighted by atomic mass is 16.2. The van der Waals surface area contributed by atoms with Crippen molar-refractivity contribution >= 4 is 5.91 Å². The third-order valence-corrected chi connectivity index (χ3v) is 3.83. The van der Waals surface area contributed by atoms with Crippen molar-refractivity contribution in [3.8, 4) is 11.3 Å². The van der Waals surface area contributed by atoms with E-state index in [2.05, 4.69) is 15.3 Å². The number of aromatic amines is 1. The van der Waals surface area contributed by atoms with Gasteiger partial charge >= 0.3 is 0 Å². The van der Waals surface area contributed by atoms with E-state index in [1.807, 2.05) is 6.92 Å². The number of carbonyl (C=O) groups is 1. The van der Waals surface area contributed by atoms with Crippen molar-refractivity contribution in [2.75, 3.05) is 0 Å². The highest BCUT2D eigenvalue weighted by Crippen LogP contribution is 2.32. The summed E-state index contributed by atoms with van der Waals surface area (Å²) < 4.78 is 0. The van der Waals surface area contributed by atoms with Gasteiger partial charge in [0, 0.05) is 29.7 Å². The molecule has 0 aliphatic heterocycles. The Bertz CT molecular complexity index is 705. The molecule has 21 heavy (non-hydrogen) atoms. The van der Waals surface area contributed by atoms with Crippen molar-refractivity contribution in [2.24, 2.45) is 5.92 Å². The van der Waals surface area contributed by atoms with E-state index in [0.29, 0.717) is 11.6 Å². The zero-order valence-corrected chi connectivity index (χ0v) is 11.8.